The van der Waals surface area contributed by atoms with Gasteiger partial charge in [-0.05, 0) is 19.1 Å². The number of hydrogen-bond acceptors (Lipinski definition) is 2. The SMILES string of the molecule is Cc1nc(C(N)=O)n2ccccc12. The summed E-state index contributed by atoms with van der Waals surface area (Å²) < 4.78 is 1.69. The lowest BCUT2D eigenvalue weighted by molar-refractivity contribution is 0.0990. The highest BCUT2D eigenvalue weighted by molar-refractivity contribution is 5.90. The number of fused-ring (bicyclic) bond motifs is 1. The van der Waals surface area contributed by atoms with E-state index in [0.717, 1.165) is 11.2 Å². The van der Waals surface area contributed by atoms with Crippen LogP contribution in [-0.2, 0) is 0 Å². The van der Waals surface area contributed by atoms with Crippen molar-refractivity contribution in [2.75, 3.05) is 0 Å². The fraction of sp³-hybridized carbons (Fsp3) is 0.111. The molecule has 2 rings (SSSR count). The summed E-state index contributed by atoms with van der Waals surface area (Å²) in [5.74, 6) is -0.220. The van der Waals surface area contributed by atoms with Crippen LogP contribution in [0.1, 0.15) is 16.3 Å². The molecular weight excluding hydrogens is 166 g/mol. The van der Waals surface area contributed by atoms with Crippen LogP contribution in [-0.4, -0.2) is 15.3 Å². The molecule has 0 spiro atoms. The normalized spacial score (nSPS) is 10.5. The maximum absolute atomic E-state index is 11.0. The summed E-state index contributed by atoms with van der Waals surface area (Å²) in [5.41, 5.74) is 6.90. The molecule has 66 valence electrons. The van der Waals surface area contributed by atoms with E-state index in [-0.39, 0.29) is 5.82 Å². The van der Waals surface area contributed by atoms with Gasteiger partial charge in [-0.2, -0.15) is 0 Å². The second-order valence-corrected chi connectivity index (χ2v) is 2.84. The fourth-order valence-corrected chi connectivity index (χ4v) is 1.37. The van der Waals surface area contributed by atoms with Crippen LogP contribution in [0.25, 0.3) is 5.52 Å². The maximum Gasteiger partial charge on any atom is 0.285 e. The zero-order valence-electron chi connectivity index (χ0n) is 7.19. The molecule has 0 atom stereocenters. The summed E-state index contributed by atoms with van der Waals surface area (Å²) >= 11 is 0. The van der Waals surface area contributed by atoms with E-state index in [2.05, 4.69) is 4.98 Å². The van der Waals surface area contributed by atoms with Crippen molar-refractivity contribution < 1.29 is 4.79 Å². The van der Waals surface area contributed by atoms with Crippen molar-refractivity contribution in [1.29, 1.82) is 0 Å². The Bertz CT molecular complexity index is 473. The first-order valence-corrected chi connectivity index (χ1v) is 3.93. The van der Waals surface area contributed by atoms with Gasteiger partial charge in [0.15, 0.2) is 0 Å². The summed E-state index contributed by atoms with van der Waals surface area (Å²) in [5, 5.41) is 0. The predicted octanol–water partition coefficient (Wildman–Crippen LogP) is 0.742. The number of nitrogens with two attached hydrogens (primary N) is 1. The molecule has 2 heterocycles. The summed E-state index contributed by atoms with van der Waals surface area (Å²) in [6.07, 6.45) is 1.77. The molecule has 2 aromatic rings. The van der Waals surface area contributed by atoms with E-state index < -0.39 is 5.91 Å². The van der Waals surface area contributed by atoms with Crippen molar-refractivity contribution in [1.82, 2.24) is 9.38 Å². The van der Waals surface area contributed by atoms with E-state index in [9.17, 15) is 4.79 Å². The molecule has 2 N–H and O–H groups in total. The van der Waals surface area contributed by atoms with Crippen LogP contribution in [0.3, 0.4) is 0 Å². The van der Waals surface area contributed by atoms with Gasteiger partial charge >= 0.3 is 0 Å². The van der Waals surface area contributed by atoms with Crippen molar-refractivity contribution in [3.05, 3.63) is 35.9 Å². The average Bonchev–Trinajstić information content (AvgIpc) is 2.45. The summed E-state index contributed by atoms with van der Waals surface area (Å²) in [6.45, 7) is 1.85. The Morgan fingerprint density at radius 3 is 3.00 bits per heavy atom. The molecule has 0 aliphatic carbocycles. The van der Waals surface area contributed by atoms with Crippen LogP contribution in [0, 0.1) is 6.92 Å². The van der Waals surface area contributed by atoms with Crippen LogP contribution >= 0.6 is 0 Å². The zero-order chi connectivity index (χ0) is 9.42. The van der Waals surface area contributed by atoms with Crippen molar-refractivity contribution in [3.63, 3.8) is 0 Å². The molecule has 0 saturated heterocycles. The molecule has 0 saturated carbocycles. The number of rotatable bonds is 1. The van der Waals surface area contributed by atoms with Gasteiger partial charge in [0.2, 0.25) is 5.82 Å². The van der Waals surface area contributed by atoms with E-state index in [1.165, 1.54) is 0 Å². The number of aryl methyl sites for hydroxylation is 1. The highest BCUT2D eigenvalue weighted by Gasteiger charge is 2.10. The maximum atomic E-state index is 11.0. The molecular formula is C9H9N3O. The van der Waals surface area contributed by atoms with Crippen molar-refractivity contribution in [2.45, 2.75) is 6.92 Å². The van der Waals surface area contributed by atoms with E-state index >= 15 is 0 Å². The molecule has 0 unspecified atom stereocenters. The fourth-order valence-electron chi connectivity index (χ4n) is 1.37. The second kappa shape index (κ2) is 2.58. The van der Waals surface area contributed by atoms with Gasteiger partial charge in [-0.15, -0.1) is 0 Å². The minimum Gasteiger partial charge on any atom is -0.363 e. The van der Waals surface area contributed by atoms with Gasteiger partial charge in [0.1, 0.15) is 0 Å². The van der Waals surface area contributed by atoms with Crippen LogP contribution in [0.5, 0.6) is 0 Å². The van der Waals surface area contributed by atoms with Crippen molar-refractivity contribution >= 4 is 11.4 Å². The summed E-state index contributed by atoms with van der Waals surface area (Å²) in [7, 11) is 0. The number of imidazole rings is 1. The first kappa shape index (κ1) is 7.79. The number of carbonyl (C=O) groups excluding carboxylic acids is 1. The Hall–Kier alpha value is -1.84. The van der Waals surface area contributed by atoms with Crippen molar-refractivity contribution in [2.24, 2.45) is 5.73 Å². The van der Waals surface area contributed by atoms with Crippen LogP contribution < -0.4 is 5.73 Å². The molecule has 2 aromatic heterocycles. The monoisotopic (exact) mass is 175 g/mol. The number of pyridine rings is 1. The molecule has 1 amide bonds. The molecule has 0 aromatic carbocycles. The van der Waals surface area contributed by atoms with E-state index in [1.54, 1.807) is 10.6 Å². The van der Waals surface area contributed by atoms with Gasteiger partial charge in [0.05, 0.1) is 11.2 Å². The zero-order valence-corrected chi connectivity index (χ0v) is 7.19. The van der Waals surface area contributed by atoms with E-state index in [4.69, 9.17) is 5.73 Å². The van der Waals surface area contributed by atoms with Crippen LogP contribution in [0.2, 0.25) is 0 Å². The van der Waals surface area contributed by atoms with Gasteiger partial charge in [-0.3, -0.25) is 9.20 Å². The molecule has 0 aliphatic heterocycles. The third-order valence-electron chi connectivity index (χ3n) is 1.95. The molecule has 0 bridgehead atoms. The Balaban J connectivity index is 2.85. The molecule has 0 fully saturated rings. The van der Waals surface area contributed by atoms with E-state index in [0.29, 0.717) is 0 Å². The van der Waals surface area contributed by atoms with Gasteiger partial charge in [0, 0.05) is 6.20 Å². The van der Waals surface area contributed by atoms with Gasteiger partial charge in [-0.1, -0.05) is 6.07 Å². The summed E-state index contributed by atoms with van der Waals surface area (Å²) in [6, 6.07) is 5.63. The lowest BCUT2D eigenvalue weighted by atomic mass is 10.3. The first-order valence-electron chi connectivity index (χ1n) is 3.93. The smallest absolute Gasteiger partial charge is 0.285 e. The topological polar surface area (TPSA) is 60.4 Å². The molecule has 0 radical (unpaired) electrons. The highest BCUT2D eigenvalue weighted by atomic mass is 16.1. The number of primary amides is 1. The minimum atomic E-state index is -0.505. The number of nitrogens with zero attached hydrogens (tertiary/aromatic N) is 2. The standard InChI is InChI=1S/C9H9N3O/c1-6-7-4-2-3-5-12(7)9(11-6)8(10)13/h2-5H,1H3,(H2,10,13). The van der Waals surface area contributed by atoms with Crippen molar-refractivity contribution in [3.8, 4) is 0 Å². The third-order valence-corrected chi connectivity index (χ3v) is 1.95. The predicted molar refractivity (Wildman–Crippen MR) is 48.4 cm³/mol. The van der Waals surface area contributed by atoms with Crippen LogP contribution in [0.4, 0.5) is 0 Å². The highest BCUT2D eigenvalue weighted by Crippen LogP contribution is 2.10. The van der Waals surface area contributed by atoms with Gasteiger partial charge in [0.25, 0.3) is 5.91 Å². The van der Waals surface area contributed by atoms with Gasteiger partial charge in [-0.25, -0.2) is 4.98 Å². The van der Waals surface area contributed by atoms with E-state index in [1.807, 2.05) is 25.1 Å². The first-order chi connectivity index (χ1) is 6.20. The van der Waals surface area contributed by atoms with Crippen LogP contribution in [0.15, 0.2) is 24.4 Å². The Kier molecular flexibility index (Phi) is 1.55. The molecule has 0 aliphatic rings. The number of amides is 1. The lowest BCUT2D eigenvalue weighted by Gasteiger charge is -1.94. The summed E-state index contributed by atoms with van der Waals surface area (Å²) in [4.78, 5) is 15.0. The number of aromatic nitrogens is 2. The Morgan fingerprint density at radius 2 is 2.31 bits per heavy atom. The quantitative estimate of drug-likeness (QED) is 0.694. The van der Waals surface area contributed by atoms with Gasteiger partial charge < -0.3 is 5.73 Å². The second-order valence-electron chi connectivity index (χ2n) is 2.84. The largest absolute Gasteiger partial charge is 0.363 e. The lowest BCUT2D eigenvalue weighted by Crippen LogP contribution is -2.14. The number of hydrogen-bond donors (Lipinski definition) is 1. The minimum absolute atomic E-state index is 0.285. The average molecular weight is 175 g/mol. The third kappa shape index (κ3) is 1.07. The Labute approximate surface area is 75.0 Å². The molecule has 13 heavy (non-hydrogen) atoms. The Morgan fingerprint density at radius 1 is 1.54 bits per heavy atom. The molecule has 4 nitrogen and oxygen atoms in total. The molecule has 4 heteroatoms. The number of carbonyl (C=O) groups is 1.